The molecule has 1 aliphatic rings. The zero-order chi connectivity index (χ0) is 18.7. The van der Waals surface area contributed by atoms with Gasteiger partial charge in [0.2, 0.25) is 11.8 Å². The van der Waals surface area contributed by atoms with Crippen molar-refractivity contribution in [2.75, 3.05) is 5.32 Å². The van der Waals surface area contributed by atoms with Crippen LogP contribution in [0.1, 0.15) is 17.5 Å². The SMILES string of the molecule is Cc1ccc(N=C2NC(=O)C[C@H](C(=O)Nc3ccc(Cl)cc3)S2)cc1C. The van der Waals surface area contributed by atoms with E-state index in [2.05, 4.69) is 15.6 Å². The predicted molar refractivity (Wildman–Crippen MR) is 107 cm³/mol. The molecule has 1 saturated heterocycles. The highest BCUT2D eigenvalue weighted by molar-refractivity contribution is 8.15. The molecule has 0 unspecified atom stereocenters. The number of rotatable bonds is 3. The van der Waals surface area contributed by atoms with Crippen molar-refractivity contribution in [1.29, 1.82) is 0 Å². The van der Waals surface area contributed by atoms with Gasteiger partial charge in [0.05, 0.1) is 5.69 Å². The van der Waals surface area contributed by atoms with Crippen molar-refractivity contribution in [1.82, 2.24) is 5.32 Å². The second-order valence-electron chi connectivity index (χ2n) is 6.04. The lowest BCUT2D eigenvalue weighted by molar-refractivity contribution is -0.123. The molecule has 0 aromatic heterocycles. The first kappa shape index (κ1) is 18.5. The molecule has 134 valence electrons. The lowest BCUT2D eigenvalue weighted by atomic mass is 10.1. The molecule has 1 fully saturated rings. The molecule has 1 heterocycles. The Morgan fingerprint density at radius 2 is 1.92 bits per heavy atom. The smallest absolute Gasteiger partial charge is 0.238 e. The minimum Gasteiger partial charge on any atom is -0.325 e. The number of carbonyl (C=O) groups excluding carboxylic acids is 2. The number of nitrogens with zero attached hydrogens (tertiary/aromatic N) is 1. The number of hydrogen-bond donors (Lipinski definition) is 2. The van der Waals surface area contributed by atoms with Crippen molar-refractivity contribution in [3.05, 3.63) is 58.6 Å². The van der Waals surface area contributed by atoms with Crippen molar-refractivity contribution in [3.63, 3.8) is 0 Å². The fraction of sp³-hybridized carbons (Fsp3) is 0.211. The van der Waals surface area contributed by atoms with Gasteiger partial charge in [-0.3, -0.25) is 9.59 Å². The summed E-state index contributed by atoms with van der Waals surface area (Å²) in [7, 11) is 0. The maximum absolute atomic E-state index is 12.5. The predicted octanol–water partition coefficient (Wildman–Crippen LogP) is 4.20. The van der Waals surface area contributed by atoms with Crippen molar-refractivity contribution in [2.24, 2.45) is 4.99 Å². The number of amidine groups is 1. The summed E-state index contributed by atoms with van der Waals surface area (Å²) in [5.74, 6) is -0.456. The Labute approximate surface area is 161 Å². The van der Waals surface area contributed by atoms with Gasteiger partial charge < -0.3 is 10.6 Å². The Morgan fingerprint density at radius 3 is 2.62 bits per heavy atom. The van der Waals surface area contributed by atoms with Crippen LogP contribution in [0.3, 0.4) is 0 Å². The maximum atomic E-state index is 12.5. The number of aryl methyl sites for hydroxylation is 2. The molecule has 2 aromatic rings. The van der Waals surface area contributed by atoms with E-state index in [9.17, 15) is 9.59 Å². The summed E-state index contributed by atoms with van der Waals surface area (Å²) in [6, 6.07) is 12.7. The quantitative estimate of drug-likeness (QED) is 0.828. The second kappa shape index (κ2) is 7.93. The summed E-state index contributed by atoms with van der Waals surface area (Å²) in [4.78, 5) is 29.0. The summed E-state index contributed by atoms with van der Waals surface area (Å²) in [5, 5.41) is 6.03. The Morgan fingerprint density at radius 1 is 1.19 bits per heavy atom. The fourth-order valence-electron chi connectivity index (χ4n) is 2.41. The van der Waals surface area contributed by atoms with Crippen molar-refractivity contribution >= 4 is 51.7 Å². The summed E-state index contributed by atoms with van der Waals surface area (Å²) < 4.78 is 0. The van der Waals surface area contributed by atoms with Gasteiger partial charge in [0.15, 0.2) is 5.17 Å². The minimum atomic E-state index is -0.537. The molecule has 0 radical (unpaired) electrons. The average Bonchev–Trinajstić information content (AvgIpc) is 2.59. The summed E-state index contributed by atoms with van der Waals surface area (Å²) in [5.41, 5.74) is 3.68. The highest BCUT2D eigenvalue weighted by atomic mass is 35.5. The molecule has 0 spiro atoms. The van der Waals surface area contributed by atoms with Crippen LogP contribution in [-0.2, 0) is 9.59 Å². The first-order chi connectivity index (χ1) is 12.4. The molecular weight excluding hydrogens is 370 g/mol. The maximum Gasteiger partial charge on any atom is 0.238 e. The molecule has 3 rings (SSSR count). The van der Waals surface area contributed by atoms with E-state index in [1.807, 2.05) is 32.0 Å². The Kier molecular flexibility index (Phi) is 5.64. The van der Waals surface area contributed by atoms with Gasteiger partial charge in [-0.2, -0.15) is 0 Å². The number of aliphatic imine (C=N–C) groups is 1. The van der Waals surface area contributed by atoms with E-state index < -0.39 is 5.25 Å². The number of halogens is 1. The molecule has 2 amide bonds. The molecule has 2 aromatic carbocycles. The standard InChI is InChI=1S/C19H18ClN3O2S/c1-11-3-6-15(9-12(11)2)22-19-23-17(24)10-16(26-19)18(25)21-14-7-4-13(20)5-8-14/h3-9,16H,10H2,1-2H3,(H,21,25)(H,22,23,24)/t16-/m1/s1. The first-order valence-electron chi connectivity index (χ1n) is 8.09. The van der Waals surface area contributed by atoms with Crippen LogP contribution in [0.2, 0.25) is 5.02 Å². The number of nitrogens with one attached hydrogen (secondary N) is 2. The highest BCUT2D eigenvalue weighted by Gasteiger charge is 2.30. The Balaban J connectivity index is 1.73. The molecule has 5 nitrogen and oxygen atoms in total. The summed E-state index contributed by atoms with van der Waals surface area (Å²) >= 11 is 7.10. The van der Waals surface area contributed by atoms with Gasteiger partial charge in [0, 0.05) is 17.1 Å². The van der Waals surface area contributed by atoms with E-state index in [1.54, 1.807) is 24.3 Å². The van der Waals surface area contributed by atoms with Crippen LogP contribution in [0.15, 0.2) is 47.5 Å². The molecule has 2 N–H and O–H groups in total. The van der Waals surface area contributed by atoms with Crippen LogP contribution < -0.4 is 10.6 Å². The molecule has 26 heavy (non-hydrogen) atoms. The first-order valence-corrected chi connectivity index (χ1v) is 9.35. The van der Waals surface area contributed by atoms with Crippen LogP contribution in [0.4, 0.5) is 11.4 Å². The third kappa shape index (κ3) is 4.65. The molecule has 1 aliphatic heterocycles. The van der Waals surface area contributed by atoms with Gasteiger partial charge in [-0.25, -0.2) is 4.99 Å². The Bertz CT molecular complexity index is 881. The molecule has 0 saturated carbocycles. The van der Waals surface area contributed by atoms with E-state index in [4.69, 9.17) is 11.6 Å². The van der Waals surface area contributed by atoms with E-state index in [0.717, 1.165) is 11.3 Å². The van der Waals surface area contributed by atoms with Gasteiger partial charge in [0.25, 0.3) is 0 Å². The topological polar surface area (TPSA) is 70.6 Å². The zero-order valence-electron chi connectivity index (χ0n) is 14.4. The number of benzene rings is 2. The fourth-order valence-corrected chi connectivity index (χ4v) is 3.54. The average molecular weight is 388 g/mol. The highest BCUT2D eigenvalue weighted by Crippen LogP contribution is 2.26. The van der Waals surface area contributed by atoms with Gasteiger partial charge in [0.1, 0.15) is 5.25 Å². The largest absolute Gasteiger partial charge is 0.325 e. The van der Waals surface area contributed by atoms with Gasteiger partial charge in [-0.05, 0) is 61.4 Å². The zero-order valence-corrected chi connectivity index (χ0v) is 15.9. The van der Waals surface area contributed by atoms with E-state index in [1.165, 1.54) is 17.3 Å². The lowest BCUT2D eigenvalue weighted by Gasteiger charge is -2.22. The molecule has 7 heteroatoms. The van der Waals surface area contributed by atoms with Crippen molar-refractivity contribution < 1.29 is 9.59 Å². The number of hydrogen-bond acceptors (Lipinski definition) is 4. The van der Waals surface area contributed by atoms with Crippen LogP contribution >= 0.6 is 23.4 Å². The van der Waals surface area contributed by atoms with Gasteiger partial charge >= 0.3 is 0 Å². The third-order valence-corrected chi connectivity index (χ3v) is 5.33. The monoisotopic (exact) mass is 387 g/mol. The van der Waals surface area contributed by atoms with Gasteiger partial charge in [-0.1, -0.05) is 29.4 Å². The molecular formula is C19H18ClN3O2S. The van der Waals surface area contributed by atoms with Crippen LogP contribution in [0.25, 0.3) is 0 Å². The molecule has 0 aliphatic carbocycles. The number of thioether (sulfide) groups is 1. The van der Waals surface area contributed by atoms with Gasteiger partial charge in [-0.15, -0.1) is 0 Å². The van der Waals surface area contributed by atoms with Crippen LogP contribution in [0, 0.1) is 13.8 Å². The summed E-state index contributed by atoms with van der Waals surface area (Å²) in [6.45, 7) is 4.04. The minimum absolute atomic E-state index is 0.107. The Hall–Kier alpha value is -2.31. The normalized spacial score (nSPS) is 18.5. The van der Waals surface area contributed by atoms with E-state index in [-0.39, 0.29) is 18.2 Å². The number of carbonyl (C=O) groups is 2. The third-order valence-electron chi connectivity index (χ3n) is 4.00. The van der Waals surface area contributed by atoms with E-state index >= 15 is 0 Å². The van der Waals surface area contributed by atoms with Crippen molar-refractivity contribution in [3.8, 4) is 0 Å². The summed E-state index contributed by atoms with van der Waals surface area (Å²) in [6.07, 6.45) is 0.107. The second-order valence-corrected chi connectivity index (χ2v) is 7.67. The molecule has 1 atom stereocenters. The lowest BCUT2D eigenvalue weighted by Crippen LogP contribution is -2.41. The van der Waals surface area contributed by atoms with E-state index in [0.29, 0.717) is 15.9 Å². The van der Waals surface area contributed by atoms with Crippen LogP contribution in [-0.4, -0.2) is 22.2 Å². The number of amides is 2. The van der Waals surface area contributed by atoms with Crippen molar-refractivity contribution in [2.45, 2.75) is 25.5 Å². The van der Waals surface area contributed by atoms with Crippen LogP contribution in [0.5, 0.6) is 0 Å². The number of anilines is 1. The molecule has 0 bridgehead atoms.